The number of hydrogen-bond acceptors (Lipinski definition) is 1. The van der Waals surface area contributed by atoms with Gasteiger partial charge in [-0.2, -0.15) is 0 Å². The molecule has 0 rings (SSSR count). The van der Waals surface area contributed by atoms with E-state index in [-0.39, 0.29) is 0 Å². The second-order valence-electron chi connectivity index (χ2n) is 8.53. The summed E-state index contributed by atoms with van der Waals surface area (Å²) in [5.41, 5.74) is 2.56. The molecule has 0 aromatic heterocycles. The molecule has 0 unspecified atom stereocenters. The second-order valence-corrected chi connectivity index (χ2v) is 8.53. The molecule has 0 aromatic rings. The highest BCUT2D eigenvalue weighted by molar-refractivity contribution is 5.80. The van der Waals surface area contributed by atoms with E-state index >= 15 is 0 Å². The van der Waals surface area contributed by atoms with Crippen molar-refractivity contribution in [1.29, 1.82) is 0 Å². The predicted molar refractivity (Wildman–Crippen MR) is 129 cm³/mol. The Balaban J connectivity index is 3.81. The molecule has 0 bridgehead atoms. The van der Waals surface area contributed by atoms with E-state index < -0.39 is 0 Å². The third-order valence-electron chi connectivity index (χ3n) is 5.58. The van der Waals surface area contributed by atoms with Gasteiger partial charge in [-0.05, 0) is 39.2 Å². The number of aliphatic imine (C=N–C) groups is 1. The first kappa shape index (κ1) is 27.0. The fourth-order valence-corrected chi connectivity index (χ4v) is 3.47. The number of amidine groups is 1. The summed E-state index contributed by atoms with van der Waals surface area (Å²) in [4.78, 5) is 6.96. The zero-order valence-electron chi connectivity index (χ0n) is 20.2. The minimum atomic E-state index is 1.09. The van der Waals surface area contributed by atoms with Crippen LogP contribution in [0.3, 0.4) is 0 Å². The Kier molecular flexibility index (Phi) is 18.6. The lowest BCUT2D eigenvalue weighted by atomic mass is 10.0. The van der Waals surface area contributed by atoms with Crippen molar-refractivity contribution in [2.75, 3.05) is 14.1 Å². The molecule has 0 aliphatic rings. The van der Waals surface area contributed by atoms with Gasteiger partial charge in [-0.15, -0.1) is 0 Å². The van der Waals surface area contributed by atoms with Gasteiger partial charge in [0.25, 0.3) is 0 Å². The SMILES string of the molecule is C/C=C/C(C)=C(CCCCCCCCCCCCCCCC)\N=C(/C)N(C)C. The topological polar surface area (TPSA) is 15.6 Å². The van der Waals surface area contributed by atoms with Crippen molar-refractivity contribution in [3.8, 4) is 0 Å². The summed E-state index contributed by atoms with van der Waals surface area (Å²) in [6.07, 6.45) is 25.1. The van der Waals surface area contributed by atoms with Gasteiger partial charge in [-0.25, -0.2) is 4.99 Å². The Bertz CT molecular complexity index is 443. The predicted octanol–water partition coefficient (Wildman–Crippen LogP) is 8.69. The maximum Gasteiger partial charge on any atom is 0.101 e. The molecule has 0 spiro atoms. The monoisotopic (exact) mass is 390 g/mol. The minimum absolute atomic E-state index is 1.09. The van der Waals surface area contributed by atoms with Gasteiger partial charge in [0, 0.05) is 19.8 Å². The summed E-state index contributed by atoms with van der Waals surface area (Å²) >= 11 is 0. The van der Waals surface area contributed by atoms with Gasteiger partial charge in [-0.1, -0.05) is 103 Å². The van der Waals surface area contributed by atoms with Crippen LogP contribution in [0.5, 0.6) is 0 Å². The van der Waals surface area contributed by atoms with Gasteiger partial charge >= 0.3 is 0 Å². The molecule has 28 heavy (non-hydrogen) atoms. The third kappa shape index (κ3) is 16.0. The van der Waals surface area contributed by atoms with Crippen LogP contribution in [0.1, 0.15) is 124 Å². The maximum atomic E-state index is 4.86. The highest BCUT2D eigenvalue weighted by Gasteiger charge is 2.03. The fraction of sp³-hybridized carbons (Fsp3) is 0.808. The van der Waals surface area contributed by atoms with Gasteiger partial charge in [0.15, 0.2) is 0 Å². The summed E-state index contributed by atoms with van der Waals surface area (Å²) in [6.45, 7) is 8.65. The molecule has 0 amide bonds. The molecule has 0 aliphatic heterocycles. The normalized spacial score (nSPS) is 13.3. The first-order chi connectivity index (χ1) is 13.5. The summed E-state index contributed by atoms with van der Waals surface area (Å²) in [5, 5.41) is 0. The zero-order valence-corrected chi connectivity index (χ0v) is 20.2. The van der Waals surface area contributed by atoms with Crippen LogP contribution in [-0.4, -0.2) is 24.8 Å². The molecule has 0 heterocycles. The molecule has 164 valence electrons. The van der Waals surface area contributed by atoms with E-state index in [4.69, 9.17) is 4.99 Å². The van der Waals surface area contributed by atoms with Gasteiger partial charge in [0.2, 0.25) is 0 Å². The summed E-state index contributed by atoms with van der Waals surface area (Å²) in [5.74, 6) is 1.09. The standard InChI is InChI=1S/C26H50N2/c1-7-9-10-11-12-13-14-15-16-17-18-19-20-21-23-26(24(3)22-8-2)27-25(4)28(5)6/h8,22H,7,9-21,23H2,1-6H3/b22-8+,26-24-,27-25+. The van der Waals surface area contributed by atoms with Crippen molar-refractivity contribution in [1.82, 2.24) is 4.90 Å². The Morgan fingerprint density at radius 2 is 1.14 bits per heavy atom. The van der Waals surface area contributed by atoms with Crippen LogP contribution in [0.4, 0.5) is 0 Å². The number of allylic oxidation sites excluding steroid dienone is 4. The van der Waals surface area contributed by atoms with Crippen molar-refractivity contribution < 1.29 is 0 Å². The van der Waals surface area contributed by atoms with Crippen LogP contribution in [0, 0.1) is 0 Å². The Morgan fingerprint density at radius 3 is 1.54 bits per heavy atom. The Morgan fingerprint density at radius 1 is 0.714 bits per heavy atom. The van der Waals surface area contributed by atoms with E-state index in [9.17, 15) is 0 Å². The molecule has 0 atom stereocenters. The highest BCUT2D eigenvalue weighted by atomic mass is 15.1. The molecule has 0 fully saturated rings. The lowest BCUT2D eigenvalue weighted by Crippen LogP contribution is -2.18. The van der Waals surface area contributed by atoms with Gasteiger partial charge < -0.3 is 4.90 Å². The van der Waals surface area contributed by atoms with E-state index in [1.807, 2.05) is 0 Å². The number of unbranched alkanes of at least 4 members (excludes halogenated alkanes) is 13. The highest BCUT2D eigenvalue weighted by Crippen LogP contribution is 2.18. The smallest absolute Gasteiger partial charge is 0.101 e. The third-order valence-corrected chi connectivity index (χ3v) is 5.58. The van der Waals surface area contributed by atoms with E-state index in [0.717, 1.165) is 12.3 Å². The number of nitrogens with zero attached hydrogens (tertiary/aromatic N) is 2. The average Bonchev–Trinajstić information content (AvgIpc) is 2.67. The summed E-state index contributed by atoms with van der Waals surface area (Å²) in [7, 11) is 4.13. The van der Waals surface area contributed by atoms with Crippen molar-refractivity contribution >= 4 is 5.84 Å². The second kappa shape index (κ2) is 19.3. The zero-order chi connectivity index (χ0) is 21.0. The number of hydrogen-bond donors (Lipinski definition) is 0. The van der Waals surface area contributed by atoms with Crippen LogP contribution in [0.15, 0.2) is 28.4 Å². The molecule has 0 aliphatic carbocycles. The molecule has 2 heteroatoms. The van der Waals surface area contributed by atoms with Gasteiger partial charge in [-0.3, -0.25) is 0 Å². The van der Waals surface area contributed by atoms with Crippen molar-refractivity contribution in [3.63, 3.8) is 0 Å². The molecule has 0 saturated carbocycles. The van der Waals surface area contributed by atoms with Crippen LogP contribution in [0.25, 0.3) is 0 Å². The van der Waals surface area contributed by atoms with E-state index in [2.05, 4.69) is 58.8 Å². The van der Waals surface area contributed by atoms with Crippen LogP contribution < -0.4 is 0 Å². The lowest BCUT2D eigenvalue weighted by Gasteiger charge is -2.13. The van der Waals surface area contributed by atoms with Crippen LogP contribution in [0.2, 0.25) is 0 Å². The molecule has 2 nitrogen and oxygen atoms in total. The van der Waals surface area contributed by atoms with Crippen LogP contribution >= 0.6 is 0 Å². The van der Waals surface area contributed by atoms with Gasteiger partial charge in [0.05, 0.1) is 0 Å². The van der Waals surface area contributed by atoms with E-state index in [1.165, 1.54) is 101 Å². The molecule has 0 N–H and O–H groups in total. The first-order valence-electron chi connectivity index (χ1n) is 12.1. The quantitative estimate of drug-likeness (QED) is 0.105. The molecule has 0 saturated heterocycles. The lowest BCUT2D eigenvalue weighted by molar-refractivity contribution is 0.535. The van der Waals surface area contributed by atoms with Crippen molar-refractivity contribution in [3.05, 3.63) is 23.4 Å². The molecular weight excluding hydrogens is 340 g/mol. The largest absolute Gasteiger partial charge is 0.366 e. The maximum absolute atomic E-state index is 4.86. The van der Waals surface area contributed by atoms with Crippen molar-refractivity contribution in [2.45, 2.75) is 124 Å². The summed E-state index contributed by atoms with van der Waals surface area (Å²) < 4.78 is 0. The first-order valence-corrected chi connectivity index (χ1v) is 12.1. The van der Waals surface area contributed by atoms with Crippen molar-refractivity contribution in [2.24, 2.45) is 4.99 Å². The Labute approximate surface area is 177 Å². The van der Waals surface area contributed by atoms with Crippen LogP contribution in [-0.2, 0) is 0 Å². The fourth-order valence-electron chi connectivity index (χ4n) is 3.47. The minimum Gasteiger partial charge on any atom is -0.366 e. The number of rotatable bonds is 17. The Hall–Kier alpha value is -1.05. The van der Waals surface area contributed by atoms with E-state index in [1.54, 1.807) is 0 Å². The van der Waals surface area contributed by atoms with E-state index in [0.29, 0.717) is 0 Å². The molecule has 0 radical (unpaired) electrons. The molecular formula is C26H50N2. The van der Waals surface area contributed by atoms with Gasteiger partial charge in [0.1, 0.15) is 5.84 Å². The summed E-state index contributed by atoms with van der Waals surface area (Å²) in [6, 6.07) is 0. The molecule has 0 aromatic carbocycles. The average molecular weight is 391 g/mol.